The van der Waals surface area contributed by atoms with Gasteiger partial charge in [0.05, 0.1) is 12.2 Å². The highest BCUT2D eigenvalue weighted by Gasteiger charge is 2.16. The molecule has 0 saturated heterocycles. The van der Waals surface area contributed by atoms with Gasteiger partial charge in [-0.2, -0.15) is 0 Å². The molecule has 2 atom stereocenters. The summed E-state index contributed by atoms with van der Waals surface area (Å²) in [5.74, 6) is 0. The first-order valence-corrected chi connectivity index (χ1v) is 14.4. The average Bonchev–Trinajstić information content (AvgIpc) is 2.91. The van der Waals surface area contributed by atoms with Crippen molar-refractivity contribution in [2.75, 3.05) is 0 Å². The van der Waals surface area contributed by atoms with Gasteiger partial charge in [-0.25, -0.2) is 0 Å². The third-order valence-electron chi connectivity index (χ3n) is 5.85. The minimum atomic E-state index is -0.922. The van der Waals surface area contributed by atoms with Gasteiger partial charge in [0.2, 0.25) is 0 Å². The highest BCUT2D eigenvalue weighted by Crippen LogP contribution is 2.24. The Labute approximate surface area is 208 Å². The molecule has 0 saturated carbocycles. The zero-order valence-corrected chi connectivity index (χ0v) is 22.4. The predicted octanol–water partition coefficient (Wildman–Crippen LogP) is 5.63. The zero-order chi connectivity index (χ0) is 23.4. The Bertz CT molecular complexity index is 1030. The third-order valence-corrected chi connectivity index (χ3v) is 9.03. The van der Waals surface area contributed by atoms with Crippen molar-refractivity contribution in [2.45, 2.75) is 25.0 Å². The van der Waals surface area contributed by atoms with Crippen molar-refractivity contribution in [3.05, 3.63) is 155 Å². The van der Waals surface area contributed by atoms with Crippen molar-refractivity contribution < 1.29 is 8.85 Å². The summed E-state index contributed by atoms with van der Waals surface area (Å²) in [5, 5.41) is 0. The second-order valence-electron chi connectivity index (χ2n) is 8.55. The molecule has 0 N–H and O–H groups in total. The van der Waals surface area contributed by atoms with Gasteiger partial charge in [0.25, 0.3) is 0 Å². The molecule has 4 heteroatoms. The van der Waals surface area contributed by atoms with Crippen LogP contribution in [0.4, 0.5) is 0 Å². The van der Waals surface area contributed by atoms with Crippen LogP contribution in [-0.2, 0) is 21.7 Å². The van der Waals surface area contributed by atoms with Crippen LogP contribution in [0, 0.1) is 0 Å². The highest BCUT2D eigenvalue weighted by molar-refractivity contribution is 6.63. The van der Waals surface area contributed by atoms with Gasteiger partial charge in [-0.05, 0) is 22.3 Å². The molecule has 0 aromatic heterocycles. The molecule has 4 aromatic rings. The minimum absolute atomic E-state index is 0.0512. The molecule has 0 spiro atoms. The van der Waals surface area contributed by atoms with Gasteiger partial charge in [-0.15, -0.1) is 6.58 Å². The summed E-state index contributed by atoms with van der Waals surface area (Å²) in [4.78, 5) is 1.21. The standard InChI is InChI=1S/C30H32O2Si2/c1-24(33-31-29(27-18-10-4-11-19-27)22-25-14-6-2-7-15-25)34-32-30(28-20-12-5-13-21-28)23-26-16-8-3-9-17-26/h2-21,29-30H,1,22-23,33-34H2. The smallest absolute Gasteiger partial charge is 0.186 e. The Morgan fingerprint density at radius 1 is 0.529 bits per heavy atom. The van der Waals surface area contributed by atoms with E-state index >= 15 is 0 Å². The van der Waals surface area contributed by atoms with Gasteiger partial charge in [0.1, 0.15) is 0 Å². The summed E-state index contributed by atoms with van der Waals surface area (Å²) in [6, 6.07) is 42.2. The molecule has 0 amide bonds. The van der Waals surface area contributed by atoms with Crippen LogP contribution in [0.2, 0.25) is 0 Å². The molecule has 0 radical (unpaired) electrons. The van der Waals surface area contributed by atoms with Crippen molar-refractivity contribution in [3.8, 4) is 0 Å². The maximum atomic E-state index is 6.54. The van der Waals surface area contributed by atoms with Gasteiger partial charge in [-0.3, -0.25) is 0 Å². The Kier molecular flexibility index (Phi) is 9.23. The fourth-order valence-electron chi connectivity index (χ4n) is 4.02. The number of hydrogen-bond acceptors (Lipinski definition) is 2. The molecule has 2 nitrogen and oxygen atoms in total. The average molecular weight is 481 g/mol. The van der Waals surface area contributed by atoms with E-state index in [1.54, 1.807) is 0 Å². The van der Waals surface area contributed by atoms with Crippen LogP contribution >= 0.6 is 0 Å². The van der Waals surface area contributed by atoms with E-state index in [9.17, 15) is 0 Å². The lowest BCUT2D eigenvalue weighted by Crippen LogP contribution is -2.18. The molecule has 0 aliphatic heterocycles. The summed E-state index contributed by atoms with van der Waals surface area (Å²) in [6.07, 6.45) is 1.84. The second-order valence-corrected chi connectivity index (χ2v) is 12.8. The van der Waals surface area contributed by atoms with Gasteiger partial charge in [0, 0.05) is 12.8 Å². The van der Waals surface area contributed by atoms with Crippen LogP contribution in [0.15, 0.2) is 133 Å². The van der Waals surface area contributed by atoms with E-state index in [1.165, 1.54) is 27.1 Å². The molecule has 2 unspecified atom stereocenters. The van der Waals surface area contributed by atoms with Gasteiger partial charge in [0.15, 0.2) is 19.5 Å². The Hall–Kier alpha value is -3.03. The summed E-state index contributed by atoms with van der Waals surface area (Å²) in [6.45, 7) is 4.37. The molecule has 0 aliphatic rings. The van der Waals surface area contributed by atoms with Crippen molar-refractivity contribution in [3.63, 3.8) is 0 Å². The van der Waals surface area contributed by atoms with Gasteiger partial charge >= 0.3 is 0 Å². The van der Waals surface area contributed by atoms with E-state index in [2.05, 4.69) is 128 Å². The lowest BCUT2D eigenvalue weighted by molar-refractivity contribution is 0.214. The van der Waals surface area contributed by atoms with Crippen molar-refractivity contribution in [2.24, 2.45) is 0 Å². The van der Waals surface area contributed by atoms with Crippen LogP contribution in [0.5, 0.6) is 0 Å². The topological polar surface area (TPSA) is 18.5 Å². The summed E-state index contributed by atoms with van der Waals surface area (Å²) >= 11 is 0. The normalized spacial score (nSPS) is 13.4. The molecule has 4 rings (SSSR count). The summed E-state index contributed by atoms with van der Waals surface area (Å²) in [5.41, 5.74) is 5.02. The quantitative estimate of drug-likeness (QED) is 0.245. The van der Waals surface area contributed by atoms with Crippen molar-refractivity contribution >= 4 is 19.5 Å². The Morgan fingerprint density at radius 3 is 1.21 bits per heavy atom. The van der Waals surface area contributed by atoms with Crippen LogP contribution in [0.25, 0.3) is 0 Å². The molecule has 34 heavy (non-hydrogen) atoms. The first-order chi connectivity index (χ1) is 16.8. The monoisotopic (exact) mass is 480 g/mol. The van der Waals surface area contributed by atoms with Gasteiger partial charge in [-0.1, -0.05) is 126 Å². The Morgan fingerprint density at radius 2 is 0.853 bits per heavy atom. The van der Waals surface area contributed by atoms with E-state index in [-0.39, 0.29) is 12.2 Å². The lowest BCUT2D eigenvalue weighted by Gasteiger charge is -2.22. The molecular formula is C30H32O2Si2. The first kappa shape index (κ1) is 24.1. The maximum absolute atomic E-state index is 6.54. The molecule has 0 bridgehead atoms. The Balaban J connectivity index is 1.37. The third kappa shape index (κ3) is 7.50. The predicted molar refractivity (Wildman–Crippen MR) is 147 cm³/mol. The number of rotatable bonds is 12. The second kappa shape index (κ2) is 13.0. The van der Waals surface area contributed by atoms with Crippen LogP contribution in [0.1, 0.15) is 34.5 Å². The van der Waals surface area contributed by atoms with E-state index in [4.69, 9.17) is 8.85 Å². The van der Waals surface area contributed by atoms with E-state index in [1.807, 2.05) is 0 Å². The molecule has 172 valence electrons. The molecule has 0 aliphatic carbocycles. The van der Waals surface area contributed by atoms with E-state index < -0.39 is 19.5 Å². The minimum Gasteiger partial charge on any atom is -0.412 e. The summed E-state index contributed by atoms with van der Waals surface area (Å²) < 4.78 is 13.1. The zero-order valence-electron chi connectivity index (χ0n) is 19.6. The van der Waals surface area contributed by atoms with Crippen LogP contribution < -0.4 is 0 Å². The maximum Gasteiger partial charge on any atom is 0.186 e. The molecule has 4 aromatic carbocycles. The number of hydrogen-bond donors (Lipinski definition) is 0. The molecular weight excluding hydrogens is 449 g/mol. The first-order valence-electron chi connectivity index (χ1n) is 11.9. The lowest BCUT2D eigenvalue weighted by atomic mass is 10.0. The molecule has 0 heterocycles. The van der Waals surface area contributed by atoms with Crippen molar-refractivity contribution in [1.82, 2.24) is 0 Å². The largest absolute Gasteiger partial charge is 0.412 e. The molecule has 0 fully saturated rings. The van der Waals surface area contributed by atoms with E-state index in [0.29, 0.717) is 0 Å². The highest BCUT2D eigenvalue weighted by atomic mass is 28.3. The van der Waals surface area contributed by atoms with Gasteiger partial charge < -0.3 is 8.85 Å². The summed E-state index contributed by atoms with van der Waals surface area (Å²) in [7, 11) is -1.84. The SMILES string of the molecule is C=C([SiH2]OC(Cc1ccccc1)c1ccccc1)[SiH2]OC(Cc1ccccc1)c1ccccc1. The van der Waals surface area contributed by atoms with Crippen LogP contribution in [-0.4, -0.2) is 19.5 Å². The fourth-order valence-corrected chi connectivity index (χ4v) is 6.55. The number of benzene rings is 4. The van der Waals surface area contributed by atoms with Crippen molar-refractivity contribution in [1.29, 1.82) is 0 Å². The van der Waals surface area contributed by atoms with Crippen LogP contribution in [0.3, 0.4) is 0 Å². The van der Waals surface area contributed by atoms with E-state index in [0.717, 1.165) is 12.8 Å². The fraction of sp³-hybridized carbons (Fsp3) is 0.133.